The van der Waals surface area contributed by atoms with Crippen molar-refractivity contribution in [3.63, 3.8) is 0 Å². The van der Waals surface area contributed by atoms with Gasteiger partial charge < -0.3 is 10.2 Å². The molecule has 0 atom stereocenters. The van der Waals surface area contributed by atoms with Crippen molar-refractivity contribution in [1.29, 1.82) is 0 Å². The van der Waals surface area contributed by atoms with Gasteiger partial charge in [0.1, 0.15) is 0 Å². The molecule has 2 heterocycles. The van der Waals surface area contributed by atoms with Crippen molar-refractivity contribution < 1.29 is 12.8 Å². The Labute approximate surface area is 124 Å². The fourth-order valence-electron chi connectivity index (χ4n) is 2.13. The molecule has 1 aliphatic heterocycles. The van der Waals surface area contributed by atoms with Crippen molar-refractivity contribution in [2.24, 2.45) is 0 Å². The first-order valence-electron chi connectivity index (χ1n) is 6.88. The second-order valence-corrected chi connectivity index (χ2v) is 6.92. The van der Waals surface area contributed by atoms with Gasteiger partial charge >= 0.3 is 0 Å². The van der Waals surface area contributed by atoms with Crippen molar-refractivity contribution in [3.8, 4) is 0 Å². The van der Waals surface area contributed by atoms with Gasteiger partial charge in [-0.2, -0.15) is 9.29 Å². The summed E-state index contributed by atoms with van der Waals surface area (Å²) in [7, 11) is -3.19. The van der Waals surface area contributed by atoms with Crippen LogP contribution in [-0.2, 0) is 10.0 Å². The average Bonchev–Trinajstić information content (AvgIpc) is 2.46. The molecule has 1 fully saturated rings. The summed E-state index contributed by atoms with van der Waals surface area (Å²) in [6, 6.07) is 0. The van der Waals surface area contributed by atoms with Crippen LogP contribution in [0.4, 0.5) is 16.2 Å². The molecule has 118 valence electrons. The average molecular weight is 317 g/mol. The lowest BCUT2D eigenvalue weighted by Gasteiger charge is -2.34. The van der Waals surface area contributed by atoms with Crippen molar-refractivity contribution >= 4 is 21.8 Å². The zero-order valence-electron chi connectivity index (χ0n) is 12.2. The fourth-order valence-corrected chi connectivity index (χ4v) is 2.96. The first-order valence-corrected chi connectivity index (χ1v) is 8.73. The Balaban J connectivity index is 2.09. The predicted molar refractivity (Wildman–Crippen MR) is 79.4 cm³/mol. The predicted octanol–water partition coefficient (Wildman–Crippen LogP) is 0.519. The molecule has 0 aliphatic carbocycles. The third-order valence-electron chi connectivity index (χ3n) is 3.27. The van der Waals surface area contributed by atoms with Crippen molar-refractivity contribution in [3.05, 3.63) is 12.0 Å². The number of rotatable bonds is 5. The molecule has 2 rings (SSSR count). The Bertz CT molecular complexity index is 587. The molecule has 1 aromatic heterocycles. The van der Waals surface area contributed by atoms with Crippen LogP contribution in [0.3, 0.4) is 0 Å². The van der Waals surface area contributed by atoms with Crippen LogP contribution in [0, 0.1) is 5.82 Å². The lowest BCUT2D eigenvalue weighted by atomic mass is 10.3. The normalized spacial score (nSPS) is 17.0. The van der Waals surface area contributed by atoms with E-state index in [-0.39, 0.29) is 5.82 Å². The highest BCUT2D eigenvalue weighted by Crippen LogP contribution is 2.19. The highest BCUT2D eigenvalue weighted by molar-refractivity contribution is 7.88. The minimum absolute atomic E-state index is 0.219. The van der Waals surface area contributed by atoms with Gasteiger partial charge in [-0.1, -0.05) is 6.92 Å². The monoisotopic (exact) mass is 317 g/mol. The Hall–Kier alpha value is -1.48. The Morgan fingerprint density at radius 1 is 1.33 bits per heavy atom. The third kappa shape index (κ3) is 4.01. The van der Waals surface area contributed by atoms with E-state index in [2.05, 4.69) is 15.3 Å². The maximum Gasteiger partial charge on any atom is 0.224 e. The summed E-state index contributed by atoms with van der Waals surface area (Å²) in [6.07, 6.45) is 3.24. The van der Waals surface area contributed by atoms with Crippen molar-refractivity contribution in [2.75, 3.05) is 49.2 Å². The van der Waals surface area contributed by atoms with E-state index in [1.165, 1.54) is 10.6 Å². The van der Waals surface area contributed by atoms with E-state index < -0.39 is 15.8 Å². The molecule has 0 aromatic carbocycles. The minimum atomic E-state index is -3.19. The van der Waals surface area contributed by atoms with Crippen LogP contribution in [0.15, 0.2) is 6.20 Å². The van der Waals surface area contributed by atoms with Gasteiger partial charge in [-0.3, -0.25) is 0 Å². The number of halogens is 1. The first kappa shape index (κ1) is 15.9. The molecule has 0 radical (unpaired) electrons. The molecule has 0 spiro atoms. The molecule has 21 heavy (non-hydrogen) atoms. The molecule has 9 heteroatoms. The molecule has 1 N–H and O–H groups in total. The van der Waals surface area contributed by atoms with E-state index >= 15 is 0 Å². The Morgan fingerprint density at radius 3 is 2.57 bits per heavy atom. The number of nitrogens with zero attached hydrogens (tertiary/aromatic N) is 4. The largest absolute Gasteiger partial charge is 0.354 e. The molecule has 7 nitrogen and oxygen atoms in total. The van der Waals surface area contributed by atoms with Crippen LogP contribution in [0.2, 0.25) is 0 Å². The van der Waals surface area contributed by atoms with Gasteiger partial charge in [0.05, 0.1) is 12.5 Å². The van der Waals surface area contributed by atoms with E-state index in [0.29, 0.717) is 38.7 Å². The molecule has 1 saturated heterocycles. The number of aromatic nitrogens is 2. The zero-order valence-corrected chi connectivity index (χ0v) is 13.0. The summed E-state index contributed by atoms with van der Waals surface area (Å²) in [5.41, 5.74) is 0. The number of anilines is 2. The van der Waals surface area contributed by atoms with Gasteiger partial charge in [0.15, 0.2) is 11.6 Å². The fraction of sp³-hybridized carbons (Fsp3) is 0.667. The van der Waals surface area contributed by atoms with E-state index in [1.54, 1.807) is 4.90 Å². The van der Waals surface area contributed by atoms with Crippen LogP contribution in [-0.4, -0.2) is 61.7 Å². The standard InChI is InChI=1S/C12H20FN5O2S/c1-3-4-14-12-15-9-10(13)11(16-12)17-5-7-18(8-6-17)21(2,19)20/h9H,3-8H2,1-2H3,(H,14,15,16). The van der Waals surface area contributed by atoms with Crippen LogP contribution in [0.25, 0.3) is 0 Å². The molecular weight excluding hydrogens is 297 g/mol. The van der Waals surface area contributed by atoms with Crippen molar-refractivity contribution in [1.82, 2.24) is 14.3 Å². The molecule has 0 bridgehead atoms. The Kier molecular flexibility index (Phi) is 4.94. The zero-order chi connectivity index (χ0) is 15.5. The van der Waals surface area contributed by atoms with E-state index in [1.807, 2.05) is 6.92 Å². The molecule has 0 amide bonds. The van der Waals surface area contributed by atoms with Crippen LogP contribution in [0.1, 0.15) is 13.3 Å². The van der Waals surface area contributed by atoms with E-state index in [9.17, 15) is 12.8 Å². The maximum atomic E-state index is 13.9. The maximum absolute atomic E-state index is 13.9. The van der Waals surface area contributed by atoms with Gasteiger partial charge in [0.2, 0.25) is 16.0 Å². The summed E-state index contributed by atoms with van der Waals surface area (Å²) in [4.78, 5) is 9.82. The van der Waals surface area contributed by atoms with Crippen LogP contribution < -0.4 is 10.2 Å². The highest BCUT2D eigenvalue weighted by atomic mass is 32.2. The molecule has 1 aliphatic rings. The lowest BCUT2D eigenvalue weighted by molar-refractivity contribution is 0.384. The number of hydrogen-bond acceptors (Lipinski definition) is 6. The number of hydrogen-bond donors (Lipinski definition) is 1. The number of nitrogens with one attached hydrogen (secondary N) is 1. The third-order valence-corrected chi connectivity index (χ3v) is 4.57. The minimum Gasteiger partial charge on any atom is -0.354 e. The quantitative estimate of drug-likeness (QED) is 0.853. The second kappa shape index (κ2) is 6.52. The molecular formula is C12H20FN5O2S. The molecule has 0 unspecified atom stereocenters. The summed E-state index contributed by atoms with van der Waals surface area (Å²) >= 11 is 0. The van der Waals surface area contributed by atoms with E-state index in [4.69, 9.17) is 0 Å². The van der Waals surface area contributed by atoms with Gasteiger partial charge in [0.25, 0.3) is 0 Å². The van der Waals surface area contributed by atoms with Crippen LogP contribution in [0.5, 0.6) is 0 Å². The molecule has 0 saturated carbocycles. The summed E-state index contributed by atoms with van der Waals surface area (Å²) < 4.78 is 38.2. The first-order chi connectivity index (χ1) is 9.91. The van der Waals surface area contributed by atoms with Gasteiger partial charge in [0, 0.05) is 32.7 Å². The molecule has 1 aromatic rings. The topological polar surface area (TPSA) is 78.4 Å². The number of sulfonamides is 1. The highest BCUT2D eigenvalue weighted by Gasteiger charge is 2.25. The van der Waals surface area contributed by atoms with Crippen molar-refractivity contribution in [2.45, 2.75) is 13.3 Å². The summed E-state index contributed by atoms with van der Waals surface area (Å²) in [5.74, 6) is 0.111. The summed E-state index contributed by atoms with van der Waals surface area (Å²) in [5, 5.41) is 3.01. The van der Waals surface area contributed by atoms with E-state index in [0.717, 1.165) is 12.6 Å². The SMILES string of the molecule is CCCNc1ncc(F)c(N2CCN(S(C)(=O)=O)CC2)n1. The summed E-state index contributed by atoms with van der Waals surface area (Å²) in [6.45, 7) is 4.22. The van der Waals surface area contributed by atoms with Gasteiger partial charge in [-0.15, -0.1) is 0 Å². The number of piperazine rings is 1. The lowest BCUT2D eigenvalue weighted by Crippen LogP contribution is -2.48. The smallest absolute Gasteiger partial charge is 0.224 e. The van der Waals surface area contributed by atoms with Gasteiger partial charge in [-0.25, -0.2) is 17.8 Å². The van der Waals surface area contributed by atoms with Gasteiger partial charge in [-0.05, 0) is 6.42 Å². The second-order valence-electron chi connectivity index (χ2n) is 4.94. The van der Waals surface area contributed by atoms with Crippen LogP contribution >= 0.6 is 0 Å². The Morgan fingerprint density at radius 2 is 2.00 bits per heavy atom.